The number of rotatable bonds is 2. The number of nitrogens with one attached hydrogen (secondary N) is 1. The molecule has 1 N–H and O–H groups in total. The summed E-state index contributed by atoms with van der Waals surface area (Å²) in [5, 5.41) is 2.68. The minimum atomic E-state index is -0.417. The first-order valence-corrected chi connectivity index (χ1v) is 4.81. The Balaban J connectivity index is 2.23. The molecule has 1 amide bonds. The first-order valence-electron chi connectivity index (χ1n) is 4.81. The molecule has 0 spiro atoms. The van der Waals surface area contributed by atoms with Crippen molar-refractivity contribution in [2.24, 2.45) is 0 Å². The molecule has 14 heavy (non-hydrogen) atoms. The zero-order valence-corrected chi connectivity index (χ0v) is 8.62. The molecular formula is C9H17NO4. The number of carbonyl (C=O) groups is 1. The van der Waals surface area contributed by atoms with E-state index in [1.54, 1.807) is 13.8 Å². The van der Waals surface area contributed by atoms with Crippen molar-refractivity contribution in [3.63, 3.8) is 0 Å². The lowest BCUT2D eigenvalue weighted by atomic mass is 10.3. The fourth-order valence-electron chi connectivity index (χ4n) is 1.12. The second kappa shape index (κ2) is 5.82. The molecular weight excluding hydrogens is 186 g/mol. The van der Waals surface area contributed by atoms with Gasteiger partial charge in [0.2, 0.25) is 0 Å². The molecule has 5 heteroatoms. The van der Waals surface area contributed by atoms with Crippen LogP contribution in [-0.2, 0) is 14.2 Å². The van der Waals surface area contributed by atoms with Crippen LogP contribution < -0.4 is 5.32 Å². The molecule has 0 aromatic carbocycles. The van der Waals surface area contributed by atoms with Gasteiger partial charge in [0.05, 0.1) is 38.6 Å². The standard InChI is InChI=1S/C9H17NO4/c1-7(2)14-9(11)10-8-5-12-3-4-13-6-8/h7-8H,3-6H2,1-2H3,(H,10,11). The highest BCUT2D eigenvalue weighted by atomic mass is 16.6. The van der Waals surface area contributed by atoms with Crippen LogP contribution in [0.4, 0.5) is 4.79 Å². The van der Waals surface area contributed by atoms with Gasteiger partial charge in [0, 0.05) is 0 Å². The summed E-state index contributed by atoms with van der Waals surface area (Å²) in [7, 11) is 0. The second-order valence-corrected chi connectivity index (χ2v) is 3.45. The Bertz CT molecular complexity index is 176. The average Bonchev–Trinajstić information content (AvgIpc) is 2.31. The fraction of sp³-hybridized carbons (Fsp3) is 0.889. The maximum absolute atomic E-state index is 11.2. The molecule has 0 aromatic heterocycles. The van der Waals surface area contributed by atoms with Crippen molar-refractivity contribution >= 4 is 6.09 Å². The van der Waals surface area contributed by atoms with E-state index in [2.05, 4.69) is 5.32 Å². The third-order valence-electron chi connectivity index (χ3n) is 1.67. The highest BCUT2D eigenvalue weighted by molar-refractivity contribution is 5.67. The SMILES string of the molecule is CC(C)OC(=O)NC1COCCOC1. The Morgan fingerprint density at radius 3 is 2.43 bits per heavy atom. The van der Waals surface area contributed by atoms with Gasteiger partial charge in [0.25, 0.3) is 0 Å². The van der Waals surface area contributed by atoms with E-state index in [9.17, 15) is 4.79 Å². The lowest BCUT2D eigenvalue weighted by Crippen LogP contribution is -2.41. The molecule has 1 heterocycles. The van der Waals surface area contributed by atoms with E-state index >= 15 is 0 Å². The van der Waals surface area contributed by atoms with E-state index in [0.717, 1.165) is 0 Å². The summed E-state index contributed by atoms with van der Waals surface area (Å²) in [6, 6.07) is -0.108. The number of alkyl carbamates (subject to hydrolysis) is 1. The van der Waals surface area contributed by atoms with Gasteiger partial charge in [-0.05, 0) is 13.8 Å². The molecule has 82 valence electrons. The molecule has 0 atom stereocenters. The molecule has 1 aliphatic heterocycles. The molecule has 0 aliphatic carbocycles. The molecule has 0 saturated carbocycles. The molecule has 0 unspecified atom stereocenters. The van der Waals surface area contributed by atoms with Gasteiger partial charge in [0.15, 0.2) is 0 Å². The van der Waals surface area contributed by atoms with Gasteiger partial charge < -0.3 is 19.5 Å². The molecule has 1 fully saturated rings. The van der Waals surface area contributed by atoms with E-state index in [-0.39, 0.29) is 12.1 Å². The van der Waals surface area contributed by atoms with E-state index in [0.29, 0.717) is 26.4 Å². The Morgan fingerprint density at radius 2 is 1.93 bits per heavy atom. The maximum Gasteiger partial charge on any atom is 0.407 e. The minimum absolute atomic E-state index is 0.108. The summed E-state index contributed by atoms with van der Waals surface area (Å²) in [5.41, 5.74) is 0. The largest absolute Gasteiger partial charge is 0.447 e. The van der Waals surface area contributed by atoms with Gasteiger partial charge in [-0.2, -0.15) is 0 Å². The second-order valence-electron chi connectivity index (χ2n) is 3.45. The van der Waals surface area contributed by atoms with Gasteiger partial charge in [-0.3, -0.25) is 0 Å². The molecule has 0 aromatic rings. The quantitative estimate of drug-likeness (QED) is 0.711. The van der Waals surface area contributed by atoms with Crippen LogP contribution in [0.25, 0.3) is 0 Å². The Labute approximate surface area is 83.7 Å². The van der Waals surface area contributed by atoms with Crippen LogP contribution in [0.1, 0.15) is 13.8 Å². The minimum Gasteiger partial charge on any atom is -0.447 e. The van der Waals surface area contributed by atoms with Crippen molar-refractivity contribution < 1.29 is 19.0 Å². The van der Waals surface area contributed by atoms with E-state index < -0.39 is 6.09 Å². The fourth-order valence-corrected chi connectivity index (χ4v) is 1.12. The van der Waals surface area contributed by atoms with E-state index in [1.807, 2.05) is 0 Å². The number of hydrogen-bond acceptors (Lipinski definition) is 4. The van der Waals surface area contributed by atoms with Gasteiger partial charge in [-0.25, -0.2) is 4.79 Å². The normalized spacial score (nSPS) is 19.1. The number of amides is 1. The van der Waals surface area contributed by atoms with Crippen molar-refractivity contribution in [1.29, 1.82) is 0 Å². The highest BCUT2D eigenvalue weighted by Crippen LogP contribution is 1.96. The lowest BCUT2D eigenvalue weighted by molar-refractivity contribution is 0.0978. The Kier molecular flexibility index (Phi) is 4.69. The molecule has 0 radical (unpaired) electrons. The number of carbonyl (C=O) groups excluding carboxylic acids is 1. The summed E-state index contributed by atoms with van der Waals surface area (Å²) in [6.07, 6.45) is -0.526. The third kappa shape index (κ3) is 4.43. The zero-order valence-electron chi connectivity index (χ0n) is 8.62. The van der Waals surface area contributed by atoms with Crippen molar-refractivity contribution in [3.8, 4) is 0 Å². The number of hydrogen-bond donors (Lipinski definition) is 1. The first kappa shape index (κ1) is 11.3. The van der Waals surface area contributed by atoms with Crippen molar-refractivity contribution in [2.45, 2.75) is 26.0 Å². The maximum atomic E-state index is 11.2. The van der Waals surface area contributed by atoms with Crippen LogP contribution in [0, 0.1) is 0 Å². The lowest BCUT2D eigenvalue weighted by Gasteiger charge is -2.16. The van der Waals surface area contributed by atoms with Crippen LogP contribution in [-0.4, -0.2) is 44.7 Å². The molecule has 1 aliphatic rings. The van der Waals surface area contributed by atoms with Crippen LogP contribution in [0.2, 0.25) is 0 Å². The van der Waals surface area contributed by atoms with Crippen LogP contribution in [0.5, 0.6) is 0 Å². The third-order valence-corrected chi connectivity index (χ3v) is 1.67. The molecule has 5 nitrogen and oxygen atoms in total. The number of ether oxygens (including phenoxy) is 3. The van der Waals surface area contributed by atoms with Gasteiger partial charge in [-0.1, -0.05) is 0 Å². The molecule has 1 saturated heterocycles. The molecule has 0 bridgehead atoms. The van der Waals surface area contributed by atoms with Crippen LogP contribution in [0.15, 0.2) is 0 Å². The summed E-state index contributed by atoms with van der Waals surface area (Å²) in [4.78, 5) is 11.2. The summed E-state index contributed by atoms with van der Waals surface area (Å²) < 4.78 is 15.4. The van der Waals surface area contributed by atoms with E-state index in [1.165, 1.54) is 0 Å². The topological polar surface area (TPSA) is 56.8 Å². The zero-order chi connectivity index (χ0) is 10.4. The first-order chi connectivity index (χ1) is 6.68. The van der Waals surface area contributed by atoms with Gasteiger partial charge >= 0.3 is 6.09 Å². The monoisotopic (exact) mass is 203 g/mol. The predicted molar refractivity (Wildman–Crippen MR) is 50.2 cm³/mol. The Hall–Kier alpha value is -0.810. The van der Waals surface area contributed by atoms with Crippen LogP contribution in [0.3, 0.4) is 0 Å². The van der Waals surface area contributed by atoms with Gasteiger partial charge in [0.1, 0.15) is 0 Å². The van der Waals surface area contributed by atoms with Crippen molar-refractivity contribution in [3.05, 3.63) is 0 Å². The van der Waals surface area contributed by atoms with E-state index in [4.69, 9.17) is 14.2 Å². The molecule has 1 rings (SSSR count). The van der Waals surface area contributed by atoms with Gasteiger partial charge in [-0.15, -0.1) is 0 Å². The summed E-state index contributed by atoms with van der Waals surface area (Å²) in [6.45, 7) is 5.73. The average molecular weight is 203 g/mol. The van der Waals surface area contributed by atoms with Crippen molar-refractivity contribution in [1.82, 2.24) is 5.32 Å². The highest BCUT2D eigenvalue weighted by Gasteiger charge is 2.16. The summed E-state index contributed by atoms with van der Waals surface area (Å²) >= 11 is 0. The smallest absolute Gasteiger partial charge is 0.407 e. The predicted octanol–water partition coefficient (Wildman–Crippen LogP) is 0.536. The summed E-state index contributed by atoms with van der Waals surface area (Å²) in [5.74, 6) is 0. The Morgan fingerprint density at radius 1 is 1.36 bits per heavy atom. The van der Waals surface area contributed by atoms with Crippen molar-refractivity contribution in [2.75, 3.05) is 26.4 Å². The van der Waals surface area contributed by atoms with Crippen LogP contribution >= 0.6 is 0 Å².